The van der Waals surface area contributed by atoms with Crippen LogP contribution in [0.5, 0.6) is 0 Å². The smallest absolute Gasteiger partial charge is 0.103 e. The number of hydrogen-bond donors (Lipinski definition) is 0. The zero-order chi connectivity index (χ0) is 11.6. The zero-order valence-corrected chi connectivity index (χ0v) is 10.8. The van der Waals surface area contributed by atoms with Gasteiger partial charge in [0.05, 0.1) is 6.26 Å². The van der Waals surface area contributed by atoms with Crippen LogP contribution in [0.2, 0.25) is 0 Å². The molecule has 0 amide bonds. The molecule has 0 atom stereocenters. The lowest BCUT2D eigenvalue weighted by molar-refractivity contribution is 0.0476. The summed E-state index contributed by atoms with van der Waals surface area (Å²) >= 11 is 0. The molecule has 0 aliphatic rings. The van der Waals surface area contributed by atoms with E-state index in [1.54, 1.807) is 6.26 Å². The first-order valence-corrected chi connectivity index (χ1v) is 6.41. The fourth-order valence-electron chi connectivity index (χ4n) is 1.79. The molecule has 0 aromatic carbocycles. The van der Waals surface area contributed by atoms with Gasteiger partial charge in [-0.3, -0.25) is 0 Å². The lowest BCUT2D eigenvalue weighted by Crippen LogP contribution is -2.21. The van der Waals surface area contributed by atoms with Crippen LogP contribution in [0.4, 0.5) is 0 Å². The summed E-state index contributed by atoms with van der Waals surface area (Å²) in [6.45, 7) is 10.1. The van der Waals surface area contributed by atoms with E-state index in [0.717, 1.165) is 6.42 Å². The maximum Gasteiger partial charge on any atom is 0.103 e. The predicted molar refractivity (Wildman–Crippen MR) is 68.0 cm³/mol. The van der Waals surface area contributed by atoms with Crippen molar-refractivity contribution in [2.45, 2.75) is 77.7 Å². The highest BCUT2D eigenvalue weighted by Crippen LogP contribution is 2.19. The first kappa shape index (κ1) is 14.5. The van der Waals surface area contributed by atoms with Gasteiger partial charge in [0.15, 0.2) is 0 Å². The van der Waals surface area contributed by atoms with Gasteiger partial charge in [-0.1, -0.05) is 52.0 Å². The van der Waals surface area contributed by atoms with Crippen molar-refractivity contribution >= 4 is 0 Å². The largest absolute Gasteiger partial charge is 0.496 e. The third-order valence-corrected chi connectivity index (χ3v) is 2.78. The van der Waals surface area contributed by atoms with Gasteiger partial charge >= 0.3 is 0 Å². The highest BCUT2D eigenvalue weighted by atomic mass is 16.5. The minimum Gasteiger partial charge on any atom is -0.496 e. The van der Waals surface area contributed by atoms with E-state index in [1.165, 1.54) is 44.9 Å². The predicted octanol–water partition coefficient (Wildman–Crippen LogP) is 5.07. The fraction of sp³-hybridized carbons (Fsp3) is 0.857. The Labute approximate surface area is 95.9 Å². The Bertz CT molecular complexity index is 149. The van der Waals surface area contributed by atoms with Crippen LogP contribution in [-0.4, -0.2) is 5.60 Å². The number of unbranched alkanes of at least 4 members (excludes halogenated alkanes) is 6. The van der Waals surface area contributed by atoms with Crippen LogP contribution in [0.25, 0.3) is 0 Å². The SMILES string of the molecule is C=COC(C)(C)CCCCCCCCC. The molecule has 1 nitrogen and oxygen atoms in total. The van der Waals surface area contributed by atoms with Crippen molar-refractivity contribution < 1.29 is 4.74 Å². The molecule has 0 spiro atoms. The van der Waals surface area contributed by atoms with Gasteiger partial charge in [-0.25, -0.2) is 0 Å². The maximum atomic E-state index is 5.44. The van der Waals surface area contributed by atoms with Crippen molar-refractivity contribution in [1.29, 1.82) is 0 Å². The Balaban J connectivity index is 3.26. The number of rotatable bonds is 10. The lowest BCUT2D eigenvalue weighted by Gasteiger charge is -2.23. The summed E-state index contributed by atoms with van der Waals surface area (Å²) in [5.41, 5.74) is -0.0227. The molecule has 0 aliphatic heterocycles. The standard InChI is InChI=1S/C14H28O/c1-5-7-8-9-10-11-12-13-14(3,4)15-6-2/h6H,2,5,7-13H2,1,3-4H3. The molecule has 0 fully saturated rings. The molecule has 0 radical (unpaired) electrons. The van der Waals surface area contributed by atoms with Gasteiger partial charge in [-0.15, -0.1) is 0 Å². The van der Waals surface area contributed by atoms with E-state index < -0.39 is 0 Å². The van der Waals surface area contributed by atoms with Gasteiger partial charge < -0.3 is 4.74 Å². The molecule has 0 aromatic rings. The molecule has 0 bridgehead atoms. The Morgan fingerprint density at radius 3 is 2.07 bits per heavy atom. The maximum absolute atomic E-state index is 5.44. The van der Waals surface area contributed by atoms with E-state index in [0.29, 0.717) is 0 Å². The molecule has 0 saturated heterocycles. The van der Waals surface area contributed by atoms with Crippen LogP contribution >= 0.6 is 0 Å². The molecule has 1 heteroatoms. The van der Waals surface area contributed by atoms with Crippen LogP contribution in [-0.2, 0) is 4.74 Å². The third-order valence-electron chi connectivity index (χ3n) is 2.78. The van der Waals surface area contributed by atoms with Crippen LogP contribution < -0.4 is 0 Å². The number of hydrogen-bond acceptors (Lipinski definition) is 1. The highest BCUT2D eigenvalue weighted by molar-refractivity contribution is 4.71. The van der Waals surface area contributed by atoms with E-state index >= 15 is 0 Å². The van der Waals surface area contributed by atoms with Crippen molar-refractivity contribution in [2.24, 2.45) is 0 Å². The Hall–Kier alpha value is -0.460. The van der Waals surface area contributed by atoms with Crippen molar-refractivity contribution in [3.8, 4) is 0 Å². The molecule has 0 saturated carbocycles. The molecule has 15 heavy (non-hydrogen) atoms. The van der Waals surface area contributed by atoms with Crippen molar-refractivity contribution in [2.75, 3.05) is 0 Å². The molecule has 0 aromatic heterocycles. The van der Waals surface area contributed by atoms with Crippen molar-refractivity contribution in [3.05, 3.63) is 12.8 Å². The van der Waals surface area contributed by atoms with Gasteiger partial charge in [0.2, 0.25) is 0 Å². The van der Waals surface area contributed by atoms with Crippen LogP contribution in [0.15, 0.2) is 12.8 Å². The minimum atomic E-state index is -0.0227. The summed E-state index contributed by atoms with van der Waals surface area (Å²) < 4.78 is 5.44. The average molecular weight is 212 g/mol. The first-order chi connectivity index (χ1) is 7.12. The topological polar surface area (TPSA) is 9.23 Å². The minimum absolute atomic E-state index is 0.0227. The van der Waals surface area contributed by atoms with E-state index in [-0.39, 0.29) is 5.60 Å². The van der Waals surface area contributed by atoms with Gasteiger partial charge in [0.25, 0.3) is 0 Å². The van der Waals surface area contributed by atoms with Crippen molar-refractivity contribution in [1.82, 2.24) is 0 Å². The molecule has 0 N–H and O–H groups in total. The van der Waals surface area contributed by atoms with Gasteiger partial charge in [0, 0.05) is 0 Å². The summed E-state index contributed by atoms with van der Waals surface area (Å²) in [6, 6.07) is 0. The van der Waals surface area contributed by atoms with Crippen LogP contribution in [0, 0.1) is 0 Å². The summed E-state index contributed by atoms with van der Waals surface area (Å²) in [4.78, 5) is 0. The molecular weight excluding hydrogens is 184 g/mol. The summed E-state index contributed by atoms with van der Waals surface area (Å²) in [5.74, 6) is 0. The average Bonchev–Trinajstić information content (AvgIpc) is 2.16. The normalized spacial score (nSPS) is 11.4. The second kappa shape index (κ2) is 8.82. The quantitative estimate of drug-likeness (QED) is 0.363. The van der Waals surface area contributed by atoms with E-state index in [1.807, 2.05) is 0 Å². The molecule has 0 aliphatic carbocycles. The highest BCUT2D eigenvalue weighted by Gasteiger charge is 2.16. The first-order valence-electron chi connectivity index (χ1n) is 6.41. The second-order valence-electron chi connectivity index (χ2n) is 4.92. The Morgan fingerprint density at radius 1 is 1.00 bits per heavy atom. The molecular formula is C14H28O. The fourth-order valence-corrected chi connectivity index (χ4v) is 1.79. The van der Waals surface area contributed by atoms with Gasteiger partial charge in [-0.05, 0) is 26.7 Å². The van der Waals surface area contributed by atoms with E-state index in [9.17, 15) is 0 Å². The van der Waals surface area contributed by atoms with Gasteiger partial charge in [-0.2, -0.15) is 0 Å². The summed E-state index contributed by atoms with van der Waals surface area (Å²) in [6.07, 6.45) is 12.2. The second-order valence-corrected chi connectivity index (χ2v) is 4.92. The Morgan fingerprint density at radius 2 is 1.53 bits per heavy atom. The molecule has 0 rings (SSSR count). The van der Waals surface area contributed by atoms with E-state index in [4.69, 9.17) is 4.74 Å². The Kier molecular flexibility index (Phi) is 8.55. The third kappa shape index (κ3) is 9.84. The van der Waals surface area contributed by atoms with Crippen LogP contribution in [0.1, 0.15) is 72.1 Å². The van der Waals surface area contributed by atoms with Crippen LogP contribution in [0.3, 0.4) is 0 Å². The molecule has 90 valence electrons. The van der Waals surface area contributed by atoms with E-state index in [2.05, 4.69) is 27.4 Å². The lowest BCUT2D eigenvalue weighted by atomic mass is 9.99. The molecule has 0 unspecified atom stereocenters. The monoisotopic (exact) mass is 212 g/mol. The number of ether oxygens (including phenoxy) is 1. The molecule has 0 heterocycles. The summed E-state index contributed by atoms with van der Waals surface area (Å²) in [5, 5.41) is 0. The van der Waals surface area contributed by atoms with Crippen molar-refractivity contribution in [3.63, 3.8) is 0 Å². The zero-order valence-electron chi connectivity index (χ0n) is 10.8. The van der Waals surface area contributed by atoms with Gasteiger partial charge in [0.1, 0.15) is 5.60 Å². The summed E-state index contributed by atoms with van der Waals surface area (Å²) in [7, 11) is 0.